The van der Waals surface area contributed by atoms with Crippen molar-refractivity contribution in [2.45, 2.75) is 13.3 Å². The van der Waals surface area contributed by atoms with Crippen molar-refractivity contribution >= 4 is 39.2 Å². The number of anilines is 2. The van der Waals surface area contributed by atoms with Crippen molar-refractivity contribution in [1.29, 1.82) is 0 Å². The molecule has 0 unspecified atom stereocenters. The lowest BCUT2D eigenvalue weighted by molar-refractivity contribution is -0.114. The van der Waals surface area contributed by atoms with Crippen LogP contribution in [0.5, 0.6) is 0 Å². The van der Waals surface area contributed by atoms with Crippen LogP contribution in [0, 0.1) is 0 Å². The van der Waals surface area contributed by atoms with Crippen LogP contribution in [0.1, 0.15) is 23.7 Å². The zero-order chi connectivity index (χ0) is 21.8. The second-order valence-electron chi connectivity index (χ2n) is 7.54. The first kappa shape index (κ1) is 21.1. The number of halogens is 1. The van der Waals surface area contributed by atoms with Gasteiger partial charge in [-0.05, 0) is 42.3 Å². The Balaban J connectivity index is 1.42. The van der Waals surface area contributed by atoms with Crippen LogP contribution >= 0.6 is 15.9 Å². The van der Waals surface area contributed by atoms with Gasteiger partial charge >= 0.3 is 0 Å². The third-order valence-electron chi connectivity index (χ3n) is 5.26. The first-order valence-corrected chi connectivity index (χ1v) is 11.0. The second-order valence-corrected chi connectivity index (χ2v) is 8.46. The molecule has 1 aromatic heterocycles. The number of hydrogen-bond donors (Lipinski definition) is 2. The molecule has 0 atom stereocenters. The molecule has 160 valence electrons. The summed E-state index contributed by atoms with van der Waals surface area (Å²) in [4.78, 5) is 28.4. The van der Waals surface area contributed by atoms with Gasteiger partial charge in [0, 0.05) is 54.9 Å². The average Bonchev–Trinajstić information content (AvgIpc) is 3.11. The number of rotatable bonds is 4. The number of H-pyrrole nitrogens is 1. The molecule has 2 heterocycles. The van der Waals surface area contributed by atoms with E-state index in [0.29, 0.717) is 30.9 Å². The first-order chi connectivity index (χ1) is 15.0. The molecule has 7 nitrogen and oxygen atoms in total. The van der Waals surface area contributed by atoms with Crippen LogP contribution in [0.4, 0.5) is 11.5 Å². The molecule has 1 aliphatic heterocycles. The number of benzene rings is 2. The van der Waals surface area contributed by atoms with Crippen LogP contribution in [0.3, 0.4) is 0 Å². The molecule has 0 radical (unpaired) electrons. The Bertz CT molecular complexity index is 1080. The van der Waals surface area contributed by atoms with Crippen molar-refractivity contribution in [2.75, 3.05) is 36.4 Å². The molecule has 1 saturated heterocycles. The largest absolute Gasteiger partial charge is 0.353 e. The first-order valence-electron chi connectivity index (χ1n) is 10.2. The highest BCUT2D eigenvalue weighted by atomic mass is 79.9. The number of aromatic amines is 1. The van der Waals surface area contributed by atoms with Crippen molar-refractivity contribution in [3.05, 3.63) is 64.6 Å². The standard InChI is InChI=1S/C23H24BrN5O2/c1-16(30)25-20-5-2-4-18(14-20)23(31)29-11-3-10-28(12-13-29)22-15-21(26-27-22)17-6-8-19(24)9-7-17/h2,4-9,14-15H,3,10-13H2,1H3,(H,25,30)(H,26,27). The molecule has 2 aromatic carbocycles. The summed E-state index contributed by atoms with van der Waals surface area (Å²) in [5, 5.41) is 10.3. The van der Waals surface area contributed by atoms with E-state index in [2.05, 4.69) is 42.4 Å². The lowest BCUT2D eigenvalue weighted by Gasteiger charge is -2.22. The molecule has 8 heteroatoms. The van der Waals surface area contributed by atoms with Crippen molar-refractivity contribution in [3.63, 3.8) is 0 Å². The zero-order valence-electron chi connectivity index (χ0n) is 17.3. The molecule has 1 aliphatic rings. The van der Waals surface area contributed by atoms with Gasteiger partial charge in [-0.25, -0.2) is 0 Å². The van der Waals surface area contributed by atoms with Crippen LogP contribution in [-0.2, 0) is 4.79 Å². The predicted octanol–water partition coefficient (Wildman–Crippen LogP) is 4.15. The third kappa shape index (κ3) is 5.14. The van der Waals surface area contributed by atoms with E-state index in [0.717, 1.165) is 34.5 Å². The Kier molecular flexibility index (Phi) is 6.36. The van der Waals surface area contributed by atoms with E-state index in [1.54, 1.807) is 24.3 Å². The van der Waals surface area contributed by atoms with Gasteiger partial charge in [-0.1, -0.05) is 34.1 Å². The molecule has 4 rings (SSSR count). The molecule has 2 N–H and O–H groups in total. The minimum absolute atomic E-state index is 0.0216. The van der Waals surface area contributed by atoms with Crippen LogP contribution in [0.2, 0.25) is 0 Å². The molecule has 1 fully saturated rings. The molecule has 3 aromatic rings. The fourth-order valence-corrected chi connectivity index (χ4v) is 3.98. The van der Waals surface area contributed by atoms with E-state index in [9.17, 15) is 9.59 Å². The zero-order valence-corrected chi connectivity index (χ0v) is 18.9. The lowest BCUT2D eigenvalue weighted by Crippen LogP contribution is -2.35. The number of nitrogens with zero attached hydrogens (tertiary/aromatic N) is 3. The number of amides is 2. The van der Waals surface area contributed by atoms with Gasteiger partial charge in [0.05, 0.1) is 5.69 Å². The number of carbonyl (C=O) groups excluding carboxylic acids is 2. The average molecular weight is 482 g/mol. The SMILES string of the molecule is CC(=O)Nc1cccc(C(=O)N2CCCN(c3cc(-c4ccc(Br)cc4)[nH]n3)CC2)c1. The highest BCUT2D eigenvalue weighted by Gasteiger charge is 2.22. The highest BCUT2D eigenvalue weighted by Crippen LogP contribution is 2.24. The van der Waals surface area contributed by atoms with Crippen LogP contribution < -0.4 is 10.2 Å². The molecular formula is C23H24BrN5O2. The van der Waals surface area contributed by atoms with Crippen LogP contribution in [0.15, 0.2) is 59.1 Å². The summed E-state index contributed by atoms with van der Waals surface area (Å²) >= 11 is 3.46. The molecule has 0 bridgehead atoms. The number of carbonyl (C=O) groups is 2. The van der Waals surface area contributed by atoms with Crippen molar-refractivity contribution in [1.82, 2.24) is 15.1 Å². The molecule has 2 amide bonds. The monoisotopic (exact) mass is 481 g/mol. The van der Waals surface area contributed by atoms with E-state index in [1.165, 1.54) is 6.92 Å². The van der Waals surface area contributed by atoms with Crippen molar-refractivity contribution in [3.8, 4) is 11.3 Å². The van der Waals surface area contributed by atoms with Gasteiger partial charge in [0.2, 0.25) is 5.91 Å². The maximum Gasteiger partial charge on any atom is 0.253 e. The van der Waals surface area contributed by atoms with E-state index in [-0.39, 0.29) is 11.8 Å². The van der Waals surface area contributed by atoms with Gasteiger partial charge in [0.1, 0.15) is 0 Å². The molecule has 0 spiro atoms. The number of nitrogens with one attached hydrogen (secondary N) is 2. The van der Waals surface area contributed by atoms with Gasteiger partial charge in [-0.15, -0.1) is 0 Å². The van der Waals surface area contributed by atoms with Crippen molar-refractivity contribution < 1.29 is 9.59 Å². The molecule has 31 heavy (non-hydrogen) atoms. The Morgan fingerprint density at radius 1 is 1.03 bits per heavy atom. The quantitative estimate of drug-likeness (QED) is 0.586. The Hall–Kier alpha value is -3.13. The van der Waals surface area contributed by atoms with Gasteiger partial charge in [-0.3, -0.25) is 14.7 Å². The van der Waals surface area contributed by atoms with E-state index in [1.807, 2.05) is 29.2 Å². The predicted molar refractivity (Wildman–Crippen MR) is 125 cm³/mol. The Labute approximate surface area is 189 Å². The highest BCUT2D eigenvalue weighted by molar-refractivity contribution is 9.10. The molecule has 0 saturated carbocycles. The second kappa shape index (κ2) is 9.34. The normalized spacial score (nSPS) is 14.3. The van der Waals surface area contributed by atoms with E-state index in [4.69, 9.17) is 0 Å². The van der Waals surface area contributed by atoms with Gasteiger partial charge in [-0.2, -0.15) is 5.10 Å². The van der Waals surface area contributed by atoms with Gasteiger partial charge < -0.3 is 15.1 Å². The minimum atomic E-state index is -0.156. The van der Waals surface area contributed by atoms with E-state index >= 15 is 0 Å². The summed E-state index contributed by atoms with van der Waals surface area (Å²) < 4.78 is 1.04. The summed E-state index contributed by atoms with van der Waals surface area (Å²) in [5.74, 6) is 0.711. The van der Waals surface area contributed by atoms with Crippen molar-refractivity contribution in [2.24, 2.45) is 0 Å². The van der Waals surface area contributed by atoms with E-state index < -0.39 is 0 Å². The summed E-state index contributed by atoms with van der Waals surface area (Å²) in [6.45, 7) is 4.30. The molecular weight excluding hydrogens is 458 g/mol. The smallest absolute Gasteiger partial charge is 0.253 e. The fraction of sp³-hybridized carbons (Fsp3) is 0.261. The Morgan fingerprint density at radius 3 is 2.61 bits per heavy atom. The Morgan fingerprint density at radius 2 is 1.84 bits per heavy atom. The fourth-order valence-electron chi connectivity index (χ4n) is 3.72. The summed E-state index contributed by atoms with van der Waals surface area (Å²) in [6.07, 6.45) is 0.859. The summed E-state index contributed by atoms with van der Waals surface area (Å²) in [5.41, 5.74) is 3.26. The molecule has 0 aliphatic carbocycles. The topological polar surface area (TPSA) is 81.3 Å². The lowest BCUT2D eigenvalue weighted by atomic mass is 10.1. The maximum atomic E-state index is 13.0. The third-order valence-corrected chi connectivity index (χ3v) is 5.79. The summed E-state index contributed by atoms with van der Waals surface area (Å²) in [7, 11) is 0. The van der Waals surface area contributed by atoms with Crippen LogP contribution in [-0.4, -0.2) is 53.1 Å². The maximum absolute atomic E-state index is 13.0. The number of aromatic nitrogens is 2. The van der Waals surface area contributed by atoms with Crippen LogP contribution in [0.25, 0.3) is 11.3 Å². The van der Waals surface area contributed by atoms with Gasteiger partial charge in [0.15, 0.2) is 5.82 Å². The summed E-state index contributed by atoms with van der Waals surface area (Å²) in [6, 6.07) is 17.2. The number of hydrogen-bond acceptors (Lipinski definition) is 4. The van der Waals surface area contributed by atoms with Gasteiger partial charge in [0.25, 0.3) is 5.91 Å². The minimum Gasteiger partial charge on any atom is -0.353 e.